The number of fused-ring (bicyclic) bond motifs is 1. The van der Waals surface area contributed by atoms with Crippen molar-refractivity contribution in [3.63, 3.8) is 0 Å². The summed E-state index contributed by atoms with van der Waals surface area (Å²) >= 11 is 0. The summed E-state index contributed by atoms with van der Waals surface area (Å²) in [5, 5.41) is 2.39. The van der Waals surface area contributed by atoms with E-state index in [0.717, 1.165) is 10.4 Å². The second kappa shape index (κ2) is 6.71. The Morgan fingerprint density at radius 3 is 2.44 bits per heavy atom. The van der Waals surface area contributed by atoms with E-state index in [1.807, 2.05) is 26.0 Å². The first-order valence-corrected chi connectivity index (χ1v) is 8.83. The first-order valence-electron chi connectivity index (χ1n) is 8.83. The van der Waals surface area contributed by atoms with Crippen molar-refractivity contribution in [2.24, 2.45) is 5.41 Å². The molecule has 1 N–H and O–H groups in total. The molecule has 1 heterocycles. The number of hydrazine groups is 1. The van der Waals surface area contributed by atoms with Gasteiger partial charge in [-0.15, -0.1) is 0 Å². The van der Waals surface area contributed by atoms with Gasteiger partial charge in [-0.2, -0.15) is 13.2 Å². The maximum absolute atomic E-state index is 13.9. The Morgan fingerprint density at radius 1 is 1.19 bits per heavy atom. The molecule has 0 unspecified atom stereocenters. The molecule has 0 aliphatic carbocycles. The Bertz CT molecular complexity index is 862. The van der Waals surface area contributed by atoms with Crippen LogP contribution in [-0.2, 0) is 4.79 Å². The molecule has 0 spiro atoms. The van der Waals surface area contributed by atoms with Crippen molar-refractivity contribution < 1.29 is 22.7 Å². The van der Waals surface area contributed by atoms with E-state index >= 15 is 0 Å². The third kappa shape index (κ3) is 3.88. The highest BCUT2D eigenvalue weighted by Gasteiger charge is 2.51. The topological polar surface area (TPSA) is 41.6 Å². The van der Waals surface area contributed by atoms with Crippen LogP contribution in [0.2, 0.25) is 0 Å². The predicted octanol–water partition coefficient (Wildman–Crippen LogP) is 4.60. The van der Waals surface area contributed by atoms with E-state index in [1.165, 1.54) is 12.1 Å². The van der Waals surface area contributed by atoms with Crippen molar-refractivity contribution in [2.45, 2.75) is 46.0 Å². The van der Waals surface area contributed by atoms with Crippen molar-refractivity contribution in [3.05, 3.63) is 42.0 Å². The third-order valence-electron chi connectivity index (χ3n) is 4.59. The van der Waals surface area contributed by atoms with Gasteiger partial charge >= 0.3 is 6.18 Å². The van der Waals surface area contributed by atoms with Crippen LogP contribution in [0.1, 0.15) is 39.3 Å². The van der Waals surface area contributed by atoms with Crippen molar-refractivity contribution in [1.82, 2.24) is 10.4 Å². The average molecular weight is 380 g/mol. The van der Waals surface area contributed by atoms with E-state index < -0.39 is 23.5 Å². The second-order valence-electron chi connectivity index (χ2n) is 7.80. The summed E-state index contributed by atoms with van der Waals surface area (Å²) in [6, 6.07) is 8.06. The van der Waals surface area contributed by atoms with Gasteiger partial charge in [-0.1, -0.05) is 24.3 Å². The number of ether oxygens (including phenoxy) is 1. The Labute approximate surface area is 156 Å². The number of rotatable bonds is 4. The minimum Gasteiger partial charge on any atom is -0.490 e. The van der Waals surface area contributed by atoms with Crippen LogP contribution < -0.4 is 10.2 Å². The molecule has 0 radical (unpaired) electrons. The van der Waals surface area contributed by atoms with Gasteiger partial charge in [-0.25, -0.2) is 5.01 Å². The highest BCUT2D eigenvalue weighted by Crippen LogP contribution is 2.42. The quantitative estimate of drug-likeness (QED) is 0.843. The SMILES string of the molecule is CC(C)Oc1cccc2ccc([C@H](N3CC(C)(C)C(=O)N3)C(F)(F)F)cc12. The maximum atomic E-state index is 13.9. The van der Waals surface area contributed by atoms with Crippen LogP contribution in [0.15, 0.2) is 36.4 Å². The molecule has 1 atom stereocenters. The predicted molar refractivity (Wildman–Crippen MR) is 97.1 cm³/mol. The number of amides is 1. The number of carbonyl (C=O) groups is 1. The molecule has 0 bridgehead atoms. The molecule has 1 amide bonds. The van der Waals surface area contributed by atoms with E-state index in [0.29, 0.717) is 11.1 Å². The van der Waals surface area contributed by atoms with Gasteiger partial charge in [0.05, 0.1) is 11.5 Å². The first-order chi connectivity index (χ1) is 12.5. The third-order valence-corrected chi connectivity index (χ3v) is 4.59. The fourth-order valence-corrected chi connectivity index (χ4v) is 3.31. The smallest absolute Gasteiger partial charge is 0.409 e. The summed E-state index contributed by atoms with van der Waals surface area (Å²) in [5.74, 6) is 0.123. The van der Waals surface area contributed by atoms with Crippen LogP contribution >= 0.6 is 0 Å². The summed E-state index contributed by atoms with van der Waals surface area (Å²) in [5.41, 5.74) is 1.57. The van der Waals surface area contributed by atoms with Crippen molar-refractivity contribution in [1.29, 1.82) is 0 Å². The average Bonchev–Trinajstić information content (AvgIpc) is 2.79. The van der Waals surface area contributed by atoms with Crippen LogP contribution in [0.25, 0.3) is 10.8 Å². The zero-order valence-electron chi connectivity index (χ0n) is 15.7. The number of hydrogen-bond acceptors (Lipinski definition) is 3. The Balaban J connectivity index is 2.08. The lowest BCUT2D eigenvalue weighted by Crippen LogP contribution is -2.43. The Morgan fingerprint density at radius 2 is 1.89 bits per heavy atom. The molecular weight excluding hydrogens is 357 g/mol. The number of carbonyl (C=O) groups excluding carboxylic acids is 1. The molecule has 4 nitrogen and oxygen atoms in total. The highest BCUT2D eigenvalue weighted by atomic mass is 19.4. The van der Waals surface area contributed by atoms with Crippen LogP contribution in [0.5, 0.6) is 5.75 Å². The monoisotopic (exact) mass is 380 g/mol. The zero-order chi connectivity index (χ0) is 20.0. The molecule has 2 aromatic rings. The molecule has 2 aromatic carbocycles. The lowest BCUT2D eigenvalue weighted by molar-refractivity contribution is -0.191. The number of nitrogens with zero attached hydrogens (tertiary/aromatic N) is 1. The first kappa shape index (κ1) is 19.5. The van der Waals surface area contributed by atoms with Crippen molar-refractivity contribution >= 4 is 16.7 Å². The summed E-state index contributed by atoms with van der Waals surface area (Å²) in [6.07, 6.45) is -4.65. The fourth-order valence-electron chi connectivity index (χ4n) is 3.31. The van der Waals surface area contributed by atoms with Gasteiger partial charge in [0, 0.05) is 11.9 Å². The molecular formula is C20H23F3N2O2. The molecule has 1 fully saturated rings. The van der Waals surface area contributed by atoms with Gasteiger partial charge in [0.1, 0.15) is 11.8 Å². The van der Waals surface area contributed by atoms with Gasteiger partial charge in [-0.3, -0.25) is 10.2 Å². The number of nitrogens with one attached hydrogen (secondary N) is 1. The van der Waals surface area contributed by atoms with E-state index in [4.69, 9.17) is 4.74 Å². The summed E-state index contributed by atoms with van der Waals surface area (Å²) in [6.45, 7) is 6.96. The van der Waals surface area contributed by atoms with Gasteiger partial charge in [-0.05, 0) is 50.8 Å². The van der Waals surface area contributed by atoms with Gasteiger partial charge in [0.2, 0.25) is 5.91 Å². The van der Waals surface area contributed by atoms with Crippen molar-refractivity contribution in [3.8, 4) is 5.75 Å². The number of halogens is 3. The number of alkyl halides is 3. The van der Waals surface area contributed by atoms with E-state index in [1.54, 1.807) is 26.0 Å². The minimum absolute atomic E-state index is 0.0296. The highest BCUT2D eigenvalue weighted by molar-refractivity contribution is 5.89. The summed E-state index contributed by atoms with van der Waals surface area (Å²) < 4.78 is 47.5. The van der Waals surface area contributed by atoms with Crippen LogP contribution in [0.3, 0.4) is 0 Å². The van der Waals surface area contributed by atoms with Crippen LogP contribution in [0.4, 0.5) is 13.2 Å². The van der Waals surface area contributed by atoms with Gasteiger partial charge < -0.3 is 4.74 Å². The largest absolute Gasteiger partial charge is 0.490 e. The second-order valence-corrected chi connectivity index (χ2v) is 7.80. The normalized spacial score (nSPS) is 18.7. The standard InChI is InChI=1S/C20H23F3N2O2/c1-12(2)27-16-7-5-6-13-8-9-14(10-15(13)16)17(20(21,22)23)25-11-19(3,4)18(26)24-25/h5-10,12,17H,11H2,1-4H3,(H,24,26)/t17-/m0/s1. The van der Waals surface area contributed by atoms with Crippen LogP contribution in [0, 0.1) is 5.41 Å². The molecule has 0 aromatic heterocycles. The summed E-state index contributed by atoms with van der Waals surface area (Å²) in [4.78, 5) is 12.0. The molecule has 3 rings (SSSR count). The van der Waals surface area contributed by atoms with Gasteiger partial charge in [0.15, 0.2) is 0 Å². The van der Waals surface area contributed by atoms with Gasteiger partial charge in [0.25, 0.3) is 0 Å². The van der Waals surface area contributed by atoms with Crippen molar-refractivity contribution in [2.75, 3.05) is 6.54 Å². The molecule has 146 valence electrons. The van der Waals surface area contributed by atoms with Crippen LogP contribution in [-0.4, -0.2) is 29.7 Å². The molecule has 7 heteroatoms. The molecule has 1 aliphatic heterocycles. The zero-order valence-corrected chi connectivity index (χ0v) is 15.7. The molecule has 1 saturated heterocycles. The molecule has 1 aliphatic rings. The summed E-state index contributed by atoms with van der Waals surface area (Å²) in [7, 11) is 0. The Hall–Kier alpha value is -2.28. The Kier molecular flexibility index (Phi) is 4.84. The van der Waals surface area contributed by atoms with E-state index in [9.17, 15) is 18.0 Å². The maximum Gasteiger partial charge on any atom is 0.409 e. The lowest BCUT2D eigenvalue weighted by Gasteiger charge is -2.30. The van der Waals surface area contributed by atoms with E-state index in [-0.39, 0.29) is 18.2 Å². The number of benzene rings is 2. The minimum atomic E-state index is -4.55. The number of hydrogen-bond donors (Lipinski definition) is 1. The van der Waals surface area contributed by atoms with E-state index in [2.05, 4.69) is 5.43 Å². The fraction of sp³-hybridized carbons (Fsp3) is 0.450. The molecule has 0 saturated carbocycles. The molecule has 27 heavy (non-hydrogen) atoms. The lowest BCUT2D eigenvalue weighted by atomic mass is 9.93.